The first-order chi connectivity index (χ1) is 12.9. The summed E-state index contributed by atoms with van der Waals surface area (Å²) in [6, 6.07) is 16.2. The molecular formula is C21H21N3O2. The summed E-state index contributed by atoms with van der Waals surface area (Å²) in [6.07, 6.45) is 2.59. The molecule has 0 aliphatic heterocycles. The Hall–Kier alpha value is -2.92. The van der Waals surface area contributed by atoms with Gasteiger partial charge in [-0.3, -0.25) is 0 Å². The van der Waals surface area contributed by atoms with Gasteiger partial charge in [0.25, 0.3) is 0 Å². The summed E-state index contributed by atoms with van der Waals surface area (Å²) in [5, 5.41) is 4.40. The molecule has 0 saturated carbocycles. The predicted molar refractivity (Wildman–Crippen MR) is 103 cm³/mol. The van der Waals surface area contributed by atoms with E-state index >= 15 is 0 Å². The van der Waals surface area contributed by atoms with Crippen LogP contribution in [0.25, 0.3) is 22.1 Å². The summed E-state index contributed by atoms with van der Waals surface area (Å²) in [5.41, 5.74) is 4.71. The van der Waals surface area contributed by atoms with Crippen LogP contribution in [0.15, 0.2) is 59.3 Å². The Morgan fingerprint density at radius 1 is 1.00 bits per heavy atom. The first-order valence-electron chi connectivity index (χ1n) is 8.87. The molecule has 2 aromatic carbocycles. The van der Waals surface area contributed by atoms with Gasteiger partial charge in [-0.05, 0) is 29.7 Å². The molecule has 0 bridgehead atoms. The summed E-state index contributed by atoms with van der Waals surface area (Å²) in [4.78, 5) is 8.76. The maximum absolute atomic E-state index is 5.97. The van der Waals surface area contributed by atoms with Gasteiger partial charge in [-0.1, -0.05) is 43.3 Å². The topological polar surface area (TPSA) is 60.2 Å². The zero-order valence-corrected chi connectivity index (χ0v) is 14.7. The number of hydrogen-bond acceptors (Lipinski definition) is 5. The normalized spacial score (nSPS) is 11.3. The molecule has 0 unspecified atom stereocenters. The molecule has 0 radical (unpaired) electrons. The Labute approximate surface area is 152 Å². The van der Waals surface area contributed by atoms with Gasteiger partial charge in [0.15, 0.2) is 11.4 Å². The lowest BCUT2D eigenvalue weighted by Gasteiger charge is -2.11. The summed E-state index contributed by atoms with van der Waals surface area (Å²) in [7, 11) is 0. The molecule has 0 amide bonds. The number of nitrogens with one attached hydrogen (secondary N) is 1. The number of furan rings is 1. The van der Waals surface area contributed by atoms with Gasteiger partial charge >= 0.3 is 0 Å². The van der Waals surface area contributed by atoms with Gasteiger partial charge in [-0.25, -0.2) is 9.97 Å². The van der Waals surface area contributed by atoms with Crippen molar-refractivity contribution in [2.75, 3.05) is 11.9 Å². The fourth-order valence-electron chi connectivity index (χ4n) is 3.03. The first-order valence-corrected chi connectivity index (χ1v) is 8.87. The third kappa shape index (κ3) is 3.26. The van der Waals surface area contributed by atoms with Gasteiger partial charge in [0, 0.05) is 18.5 Å². The highest BCUT2D eigenvalue weighted by Crippen LogP contribution is 2.30. The highest BCUT2D eigenvalue weighted by atomic mass is 16.5. The van der Waals surface area contributed by atoms with E-state index < -0.39 is 0 Å². The van der Waals surface area contributed by atoms with Crippen LogP contribution >= 0.6 is 0 Å². The molecule has 4 rings (SSSR count). The number of hydrogen-bond donors (Lipinski definition) is 1. The molecule has 0 saturated heterocycles. The van der Waals surface area contributed by atoms with Crippen molar-refractivity contribution in [1.29, 1.82) is 0 Å². The Morgan fingerprint density at radius 2 is 1.81 bits per heavy atom. The number of benzene rings is 2. The van der Waals surface area contributed by atoms with Crippen LogP contribution in [0, 0.1) is 0 Å². The molecule has 5 nitrogen and oxygen atoms in total. The minimum absolute atomic E-state index is 0.621. The van der Waals surface area contributed by atoms with Crippen molar-refractivity contribution in [2.45, 2.75) is 26.5 Å². The molecule has 5 heteroatoms. The minimum Gasteiger partial charge on any atom is -0.450 e. The molecule has 0 aliphatic carbocycles. The van der Waals surface area contributed by atoms with E-state index in [1.807, 2.05) is 36.4 Å². The Morgan fingerprint density at radius 3 is 2.69 bits per heavy atom. The Kier molecular flexibility index (Phi) is 4.80. The van der Waals surface area contributed by atoms with Crippen molar-refractivity contribution in [3.05, 3.63) is 66.0 Å². The van der Waals surface area contributed by atoms with Gasteiger partial charge in [0.05, 0.1) is 6.61 Å². The number of fused-ring (bicyclic) bond motifs is 3. The van der Waals surface area contributed by atoms with Crippen LogP contribution in [0.3, 0.4) is 0 Å². The van der Waals surface area contributed by atoms with Gasteiger partial charge in [-0.15, -0.1) is 0 Å². The fraction of sp³-hybridized carbons (Fsp3) is 0.238. The monoisotopic (exact) mass is 347 g/mol. The first kappa shape index (κ1) is 16.5. The molecule has 1 N–H and O–H groups in total. The van der Waals surface area contributed by atoms with Crippen LogP contribution in [0.4, 0.5) is 5.82 Å². The second-order valence-electron chi connectivity index (χ2n) is 6.17. The van der Waals surface area contributed by atoms with Gasteiger partial charge < -0.3 is 14.5 Å². The number of rotatable bonds is 7. The number of aromatic nitrogens is 2. The van der Waals surface area contributed by atoms with Crippen molar-refractivity contribution in [3.8, 4) is 0 Å². The van der Waals surface area contributed by atoms with E-state index in [2.05, 4.69) is 34.3 Å². The second kappa shape index (κ2) is 7.54. The standard InChI is InChI=1S/C21H21N3O2/c1-2-11-25-13-16-8-4-3-7-15(16)12-22-21-20-19(23-14-24-21)17-9-5-6-10-18(17)26-20/h3-10,14H,2,11-13H2,1H3,(H,22,23,24). The third-order valence-electron chi connectivity index (χ3n) is 4.33. The Bertz CT molecular complexity index is 1030. The largest absolute Gasteiger partial charge is 0.450 e. The van der Waals surface area contributed by atoms with Gasteiger partial charge in [0.1, 0.15) is 17.4 Å². The minimum atomic E-state index is 0.621. The van der Waals surface area contributed by atoms with E-state index in [1.54, 1.807) is 6.33 Å². The predicted octanol–water partition coefficient (Wildman–Crippen LogP) is 4.91. The maximum atomic E-state index is 5.97. The maximum Gasteiger partial charge on any atom is 0.196 e. The molecule has 4 aromatic rings. The lowest BCUT2D eigenvalue weighted by atomic mass is 10.1. The molecule has 0 aliphatic rings. The highest BCUT2D eigenvalue weighted by Gasteiger charge is 2.13. The molecule has 2 heterocycles. The number of para-hydroxylation sites is 1. The molecular weight excluding hydrogens is 326 g/mol. The van der Waals surface area contributed by atoms with E-state index in [-0.39, 0.29) is 0 Å². The van der Waals surface area contributed by atoms with E-state index in [4.69, 9.17) is 9.15 Å². The van der Waals surface area contributed by atoms with Gasteiger partial charge in [0.2, 0.25) is 0 Å². The smallest absolute Gasteiger partial charge is 0.196 e. The average Bonchev–Trinajstić information content (AvgIpc) is 3.07. The lowest BCUT2D eigenvalue weighted by molar-refractivity contribution is 0.121. The van der Waals surface area contributed by atoms with Crippen LogP contribution in [0.2, 0.25) is 0 Å². The van der Waals surface area contributed by atoms with Crippen molar-refractivity contribution < 1.29 is 9.15 Å². The molecule has 0 atom stereocenters. The van der Waals surface area contributed by atoms with Crippen LogP contribution in [0.1, 0.15) is 24.5 Å². The van der Waals surface area contributed by atoms with Crippen molar-refractivity contribution in [3.63, 3.8) is 0 Å². The summed E-state index contributed by atoms with van der Waals surface area (Å²) < 4.78 is 11.7. The van der Waals surface area contributed by atoms with Gasteiger partial charge in [-0.2, -0.15) is 0 Å². The number of ether oxygens (including phenoxy) is 1. The van der Waals surface area contributed by atoms with E-state index in [0.29, 0.717) is 24.6 Å². The lowest BCUT2D eigenvalue weighted by Crippen LogP contribution is -2.06. The quantitative estimate of drug-likeness (QED) is 0.481. The number of anilines is 1. The summed E-state index contributed by atoms with van der Waals surface area (Å²) in [5.74, 6) is 0.704. The van der Waals surface area contributed by atoms with Crippen LogP contribution in [0.5, 0.6) is 0 Å². The van der Waals surface area contributed by atoms with Crippen LogP contribution in [-0.2, 0) is 17.9 Å². The zero-order valence-electron chi connectivity index (χ0n) is 14.7. The molecule has 2 aromatic heterocycles. The second-order valence-corrected chi connectivity index (χ2v) is 6.17. The molecule has 132 valence electrons. The van der Waals surface area contributed by atoms with Crippen LogP contribution in [-0.4, -0.2) is 16.6 Å². The van der Waals surface area contributed by atoms with Crippen molar-refractivity contribution in [1.82, 2.24) is 9.97 Å². The summed E-state index contributed by atoms with van der Waals surface area (Å²) in [6.45, 7) is 4.15. The van der Waals surface area contributed by atoms with E-state index in [9.17, 15) is 0 Å². The molecule has 0 spiro atoms. The van der Waals surface area contributed by atoms with E-state index in [1.165, 1.54) is 11.1 Å². The number of nitrogens with zero attached hydrogens (tertiary/aromatic N) is 2. The summed E-state index contributed by atoms with van der Waals surface area (Å²) >= 11 is 0. The fourth-order valence-corrected chi connectivity index (χ4v) is 3.03. The van der Waals surface area contributed by atoms with Crippen molar-refractivity contribution in [2.24, 2.45) is 0 Å². The Balaban J connectivity index is 1.59. The van der Waals surface area contributed by atoms with E-state index in [0.717, 1.165) is 29.5 Å². The SMILES string of the molecule is CCCOCc1ccccc1CNc1ncnc2c1oc1ccccc12. The van der Waals surface area contributed by atoms with Crippen molar-refractivity contribution >= 4 is 27.9 Å². The molecule has 0 fully saturated rings. The third-order valence-corrected chi connectivity index (χ3v) is 4.33. The highest BCUT2D eigenvalue weighted by molar-refractivity contribution is 6.05. The molecule has 26 heavy (non-hydrogen) atoms. The zero-order chi connectivity index (χ0) is 17.8. The van der Waals surface area contributed by atoms with Crippen LogP contribution < -0.4 is 5.32 Å². The average molecular weight is 347 g/mol.